The number of hydrogen-bond acceptors (Lipinski definition) is 0. The predicted octanol–water partition coefficient (Wildman–Crippen LogP) is 10.3. The minimum Gasteiger partial charge on any atom is -1.00 e. The molecule has 0 atom stereocenters. The summed E-state index contributed by atoms with van der Waals surface area (Å²) in [6.45, 7) is 4.62. The Balaban J connectivity index is 0.0000160. The molecule has 1 aromatic heterocycles. The Labute approximate surface area is 265 Å². The monoisotopic (exact) mass is 592 g/mol. The van der Waals surface area contributed by atoms with Crippen molar-refractivity contribution in [1.82, 2.24) is 0 Å². The van der Waals surface area contributed by atoms with Crippen molar-refractivity contribution < 1.29 is 17.0 Å². The van der Waals surface area contributed by atoms with Gasteiger partial charge in [-0.25, -0.2) is 4.57 Å². The summed E-state index contributed by atoms with van der Waals surface area (Å²) in [5, 5.41) is 0. The van der Waals surface area contributed by atoms with Crippen molar-refractivity contribution in [1.29, 1.82) is 0 Å². The molecule has 0 saturated heterocycles. The molecule has 1 nitrogen and oxygen atoms in total. The molecular formula is C39H74ClN. The summed E-state index contributed by atoms with van der Waals surface area (Å²) in [5.41, 5.74) is 1.59. The van der Waals surface area contributed by atoms with Crippen LogP contribution in [0.15, 0.2) is 24.5 Å². The van der Waals surface area contributed by atoms with Gasteiger partial charge in [-0.05, 0) is 24.3 Å². The van der Waals surface area contributed by atoms with Crippen molar-refractivity contribution in [2.45, 2.75) is 212 Å². The molecule has 1 rings (SSSR count). The van der Waals surface area contributed by atoms with Crippen molar-refractivity contribution in [2.75, 3.05) is 0 Å². The first-order chi connectivity index (χ1) is 19.8. The molecule has 1 aromatic rings. The molecule has 0 fully saturated rings. The summed E-state index contributed by atoms with van der Waals surface area (Å²) in [5.74, 6) is 0.774. The molecule has 0 aromatic carbocycles. The maximum absolute atomic E-state index is 2.39. The third kappa shape index (κ3) is 26.8. The number of hydrogen-bond donors (Lipinski definition) is 0. The summed E-state index contributed by atoms with van der Waals surface area (Å²) < 4.78 is 2.18. The Morgan fingerprint density at radius 2 is 0.659 bits per heavy atom. The van der Waals surface area contributed by atoms with Gasteiger partial charge in [-0.15, -0.1) is 0 Å². The fraction of sp³-hybridized carbons (Fsp3) is 0.872. The Morgan fingerprint density at radius 3 is 0.927 bits per heavy atom. The van der Waals surface area contributed by atoms with E-state index in [0.717, 1.165) is 5.92 Å². The topological polar surface area (TPSA) is 3.88 Å². The lowest BCUT2D eigenvalue weighted by Gasteiger charge is -2.17. The van der Waals surface area contributed by atoms with Crippen LogP contribution in [-0.4, -0.2) is 0 Å². The molecule has 0 radical (unpaired) electrons. The van der Waals surface area contributed by atoms with Crippen LogP contribution in [-0.2, 0) is 7.05 Å². The molecule has 1 heterocycles. The van der Waals surface area contributed by atoms with Crippen molar-refractivity contribution in [3.8, 4) is 0 Å². The van der Waals surface area contributed by atoms with E-state index in [0.29, 0.717) is 0 Å². The first-order valence-corrected chi connectivity index (χ1v) is 18.7. The molecule has 0 unspecified atom stereocenters. The van der Waals surface area contributed by atoms with Crippen LogP contribution in [0, 0.1) is 0 Å². The number of aryl methyl sites for hydroxylation is 1. The normalized spacial score (nSPS) is 11.3. The highest BCUT2D eigenvalue weighted by Gasteiger charge is 2.12. The molecule has 41 heavy (non-hydrogen) atoms. The number of nitrogens with zero attached hydrogens (tertiary/aromatic N) is 1. The van der Waals surface area contributed by atoms with Crippen LogP contribution in [0.2, 0.25) is 0 Å². The van der Waals surface area contributed by atoms with Crippen LogP contribution in [0.1, 0.15) is 218 Å². The van der Waals surface area contributed by atoms with Gasteiger partial charge in [0.2, 0.25) is 0 Å². The Hall–Kier alpha value is -0.560. The summed E-state index contributed by atoms with van der Waals surface area (Å²) in [6, 6.07) is 4.77. The van der Waals surface area contributed by atoms with Crippen molar-refractivity contribution in [3.05, 3.63) is 30.1 Å². The molecular weight excluding hydrogens is 518 g/mol. The van der Waals surface area contributed by atoms with E-state index in [1.54, 1.807) is 5.56 Å². The summed E-state index contributed by atoms with van der Waals surface area (Å²) in [4.78, 5) is 0. The van der Waals surface area contributed by atoms with Gasteiger partial charge in [0.1, 0.15) is 7.05 Å². The van der Waals surface area contributed by atoms with Crippen LogP contribution >= 0.6 is 0 Å². The number of pyridine rings is 1. The van der Waals surface area contributed by atoms with E-state index in [-0.39, 0.29) is 12.4 Å². The lowest BCUT2D eigenvalue weighted by molar-refractivity contribution is -0.671. The molecule has 2 heteroatoms. The first kappa shape index (κ1) is 40.4. The lowest BCUT2D eigenvalue weighted by atomic mass is 9.88. The van der Waals surface area contributed by atoms with Gasteiger partial charge in [-0.3, -0.25) is 0 Å². The van der Waals surface area contributed by atoms with Gasteiger partial charge < -0.3 is 12.4 Å². The van der Waals surface area contributed by atoms with Gasteiger partial charge in [-0.2, -0.15) is 0 Å². The van der Waals surface area contributed by atoms with E-state index < -0.39 is 0 Å². The highest BCUT2D eigenvalue weighted by Crippen LogP contribution is 2.28. The molecule has 0 aliphatic rings. The van der Waals surface area contributed by atoms with E-state index >= 15 is 0 Å². The molecule has 0 amide bonds. The average Bonchev–Trinajstić information content (AvgIpc) is 2.97. The van der Waals surface area contributed by atoms with E-state index in [1.165, 1.54) is 193 Å². The Bertz CT molecular complexity index is 580. The second-order valence-corrected chi connectivity index (χ2v) is 13.3. The number of aromatic nitrogens is 1. The molecule has 0 N–H and O–H groups in total. The van der Waals surface area contributed by atoms with Crippen LogP contribution < -0.4 is 17.0 Å². The van der Waals surface area contributed by atoms with Gasteiger partial charge in [0.05, 0.1) is 0 Å². The van der Waals surface area contributed by atoms with Crippen molar-refractivity contribution in [3.63, 3.8) is 0 Å². The molecule has 0 saturated carbocycles. The molecule has 0 aliphatic carbocycles. The zero-order valence-corrected chi connectivity index (χ0v) is 29.2. The Kier molecular flexibility index (Phi) is 31.9. The lowest BCUT2D eigenvalue weighted by Crippen LogP contribution is -3.00. The predicted molar refractivity (Wildman–Crippen MR) is 180 cm³/mol. The van der Waals surface area contributed by atoms with Crippen LogP contribution in [0.25, 0.3) is 0 Å². The van der Waals surface area contributed by atoms with Gasteiger partial charge >= 0.3 is 0 Å². The molecule has 0 spiro atoms. The number of halogens is 1. The summed E-state index contributed by atoms with van der Waals surface area (Å²) >= 11 is 0. The average molecular weight is 592 g/mol. The second-order valence-electron chi connectivity index (χ2n) is 13.3. The maximum atomic E-state index is 2.39. The second kappa shape index (κ2) is 32.4. The van der Waals surface area contributed by atoms with Gasteiger partial charge in [0, 0.05) is 12.1 Å². The minimum absolute atomic E-state index is 0. The van der Waals surface area contributed by atoms with E-state index in [9.17, 15) is 0 Å². The van der Waals surface area contributed by atoms with Crippen LogP contribution in [0.3, 0.4) is 0 Å². The third-order valence-corrected chi connectivity index (χ3v) is 9.29. The third-order valence-electron chi connectivity index (χ3n) is 9.29. The summed E-state index contributed by atoms with van der Waals surface area (Å²) in [7, 11) is 2.14. The van der Waals surface area contributed by atoms with E-state index in [4.69, 9.17) is 0 Å². The van der Waals surface area contributed by atoms with Crippen molar-refractivity contribution in [2.24, 2.45) is 7.05 Å². The fourth-order valence-corrected chi connectivity index (χ4v) is 6.43. The van der Waals surface area contributed by atoms with Crippen LogP contribution in [0.4, 0.5) is 0 Å². The highest BCUT2D eigenvalue weighted by molar-refractivity contribution is 5.13. The zero-order chi connectivity index (χ0) is 28.8. The van der Waals surface area contributed by atoms with Gasteiger partial charge in [0.25, 0.3) is 0 Å². The minimum atomic E-state index is 0. The SMILES string of the molecule is CCCCCCCCCCCCCCCCC(CCCCCCCCCCCCCCCC)c1cc[n+](C)cc1.[Cl-]. The summed E-state index contributed by atoms with van der Waals surface area (Å²) in [6.07, 6.45) is 47.9. The Morgan fingerprint density at radius 1 is 0.415 bits per heavy atom. The van der Waals surface area contributed by atoms with E-state index in [2.05, 4.69) is 50.0 Å². The maximum Gasteiger partial charge on any atom is 0.168 e. The standard InChI is InChI=1S/C39H74N.ClH/c1-4-6-8-10-12-14-16-18-20-22-24-26-28-30-32-38(39-34-36-40(3)37-35-39)33-31-29-27-25-23-21-19-17-15-13-11-9-7-5-2;/h34-38H,4-33H2,1-3H3;1H/q+1;/p-1. The smallest absolute Gasteiger partial charge is 0.168 e. The quantitative estimate of drug-likeness (QED) is 0.0597. The van der Waals surface area contributed by atoms with Gasteiger partial charge in [-0.1, -0.05) is 194 Å². The zero-order valence-electron chi connectivity index (χ0n) is 28.4. The van der Waals surface area contributed by atoms with Crippen molar-refractivity contribution >= 4 is 0 Å². The fourth-order valence-electron chi connectivity index (χ4n) is 6.43. The number of unbranched alkanes of at least 4 members (excludes halogenated alkanes) is 26. The van der Waals surface area contributed by atoms with Gasteiger partial charge in [0.15, 0.2) is 12.4 Å². The molecule has 242 valence electrons. The first-order valence-electron chi connectivity index (χ1n) is 18.7. The van der Waals surface area contributed by atoms with Crippen LogP contribution in [0.5, 0.6) is 0 Å². The molecule has 0 aliphatic heterocycles. The number of rotatable bonds is 31. The van der Waals surface area contributed by atoms with E-state index in [1.807, 2.05) is 0 Å². The molecule has 0 bridgehead atoms. The highest BCUT2D eigenvalue weighted by atomic mass is 35.5. The largest absolute Gasteiger partial charge is 1.00 e.